The van der Waals surface area contributed by atoms with Crippen LogP contribution >= 0.6 is 27.7 Å². The number of fused-ring (bicyclic) bond motifs is 1. The van der Waals surface area contributed by atoms with E-state index in [0.29, 0.717) is 11.8 Å². The number of halogens is 1. The van der Waals surface area contributed by atoms with Crippen molar-refractivity contribution in [2.45, 2.75) is 19.0 Å². The van der Waals surface area contributed by atoms with Gasteiger partial charge >= 0.3 is 0 Å². The van der Waals surface area contributed by atoms with Crippen LogP contribution in [0.4, 0.5) is 0 Å². The van der Waals surface area contributed by atoms with E-state index in [1.165, 1.54) is 11.8 Å². The summed E-state index contributed by atoms with van der Waals surface area (Å²) in [6, 6.07) is 7.72. The molecule has 0 saturated carbocycles. The Bertz CT molecular complexity index is 879. The van der Waals surface area contributed by atoms with Gasteiger partial charge in [0.1, 0.15) is 12.4 Å². The summed E-state index contributed by atoms with van der Waals surface area (Å²) in [5.74, 6) is 0.819. The van der Waals surface area contributed by atoms with E-state index < -0.39 is 0 Å². The van der Waals surface area contributed by atoms with E-state index in [9.17, 15) is 4.79 Å². The zero-order valence-electron chi connectivity index (χ0n) is 14.3. The van der Waals surface area contributed by atoms with Gasteiger partial charge in [-0.2, -0.15) is 5.10 Å². The number of hydrazone groups is 1. The van der Waals surface area contributed by atoms with Gasteiger partial charge in [0.2, 0.25) is 0 Å². The van der Waals surface area contributed by atoms with Crippen LogP contribution in [-0.4, -0.2) is 34.4 Å². The molecule has 1 N–H and O–H groups in total. The molecule has 134 valence electrons. The Morgan fingerprint density at radius 1 is 1.35 bits per heavy atom. The molecule has 26 heavy (non-hydrogen) atoms. The van der Waals surface area contributed by atoms with Gasteiger partial charge in [0.15, 0.2) is 5.16 Å². The predicted octanol–water partition coefficient (Wildman–Crippen LogP) is 3.53. The quantitative estimate of drug-likeness (QED) is 0.338. The summed E-state index contributed by atoms with van der Waals surface area (Å²) in [5, 5.41) is 4.59. The fourth-order valence-corrected chi connectivity index (χ4v) is 3.47. The van der Waals surface area contributed by atoms with E-state index >= 15 is 0 Å². The average molecular weight is 433 g/mol. The predicted molar refractivity (Wildman–Crippen MR) is 106 cm³/mol. The largest absolute Gasteiger partial charge is 0.488 e. The molecule has 1 aliphatic rings. The second kappa shape index (κ2) is 8.46. The Balaban J connectivity index is 1.53. The van der Waals surface area contributed by atoms with Crippen LogP contribution < -0.4 is 10.2 Å². The van der Waals surface area contributed by atoms with Crippen LogP contribution in [-0.2, 0) is 4.79 Å². The molecule has 1 amide bonds. The highest BCUT2D eigenvalue weighted by Gasteiger charge is 2.10. The summed E-state index contributed by atoms with van der Waals surface area (Å²) >= 11 is 4.72. The molecule has 0 fully saturated rings. The Hall–Kier alpha value is -2.19. The Kier molecular flexibility index (Phi) is 6.05. The first-order valence-electron chi connectivity index (χ1n) is 7.89. The maximum absolute atomic E-state index is 11.9. The fourth-order valence-electron chi connectivity index (χ4n) is 2.35. The number of hydrogen-bond donors (Lipinski definition) is 1. The van der Waals surface area contributed by atoms with Crippen molar-refractivity contribution in [1.29, 1.82) is 0 Å². The summed E-state index contributed by atoms with van der Waals surface area (Å²) in [6.07, 6.45) is 3.58. The fraction of sp³-hybridized carbons (Fsp3) is 0.222. The van der Waals surface area contributed by atoms with E-state index in [4.69, 9.17) is 4.74 Å². The van der Waals surface area contributed by atoms with Gasteiger partial charge in [0, 0.05) is 27.0 Å². The summed E-state index contributed by atoms with van der Waals surface area (Å²) in [4.78, 5) is 20.5. The molecule has 1 aliphatic heterocycles. The van der Waals surface area contributed by atoms with E-state index in [1.807, 2.05) is 44.2 Å². The first-order chi connectivity index (χ1) is 12.5. The van der Waals surface area contributed by atoms with Crippen molar-refractivity contribution in [3.05, 3.63) is 51.3 Å². The van der Waals surface area contributed by atoms with Gasteiger partial charge < -0.3 is 4.74 Å². The van der Waals surface area contributed by atoms with Crippen molar-refractivity contribution in [2.75, 3.05) is 12.4 Å². The lowest BCUT2D eigenvalue weighted by Crippen LogP contribution is -2.20. The summed E-state index contributed by atoms with van der Waals surface area (Å²) < 4.78 is 6.64. The molecule has 0 atom stereocenters. The number of rotatable bonds is 5. The van der Waals surface area contributed by atoms with Gasteiger partial charge in [0.25, 0.3) is 5.91 Å². The number of ether oxygens (including phenoxy) is 1. The van der Waals surface area contributed by atoms with Crippen molar-refractivity contribution in [3.8, 4) is 5.75 Å². The molecule has 0 spiro atoms. The van der Waals surface area contributed by atoms with Crippen molar-refractivity contribution in [3.63, 3.8) is 0 Å². The zero-order chi connectivity index (χ0) is 18.5. The number of nitrogens with one attached hydrogen (secondary N) is 1. The lowest BCUT2D eigenvalue weighted by molar-refractivity contribution is -0.118. The maximum atomic E-state index is 11.9. The second-order valence-corrected chi connectivity index (χ2v) is 7.56. The molecule has 2 heterocycles. The molecule has 0 unspecified atom stereocenters. The van der Waals surface area contributed by atoms with E-state index in [1.54, 1.807) is 6.21 Å². The maximum Gasteiger partial charge on any atom is 0.250 e. The van der Waals surface area contributed by atoms with Gasteiger partial charge in [-0.3, -0.25) is 4.79 Å². The van der Waals surface area contributed by atoms with Crippen LogP contribution in [0.15, 0.2) is 44.6 Å². The molecule has 8 heteroatoms. The number of aryl methyl sites for hydroxylation is 2. The third-order valence-electron chi connectivity index (χ3n) is 3.42. The topological polar surface area (TPSA) is 76.5 Å². The van der Waals surface area contributed by atoms with Crippen LogP contribution in [0.25, 0.3) is 6.08 Å². The average Bonchev–Trinajstić information content (AvgIpc) is 2.59. The molecule has 0 bridgehead atoms. The Labute approximate surface area is 164 Å². The monoisotopic (exact) mass is 432 g/mol. The van der Waals surface area contributed by atoms with E-state index in [2.05, 4.69) is 36.4 Å². The van der Waals surface area contributed by atoms with Crippen molar-refractivity contribution >= 4 is 45.9 Å². The first kappa shape index (κ1) is 18.6. The molecule has 0 radical (unpaired) electrons. The minimum Gasteiger partial charge on any atom is -0.488 e. The third-order valence-corrected chi connectivity index (χ3v) is 4.76. The molecule has 2 aromatic rings. The Morgan fingerprint density at radius 2 is 2.12 bits per heavy atom. The molecule has 1 aromatic carbocycles. The number of nitrogens with zero attached hydrogens (tertiary/aromatic N) is 3. The minimum atomic E-state index is -0.213. The number of hydrogen-bond acceptors (Lipinski definition) is 6. The lowest BCUT2D eigenvalue weighted by Gasteiger charge is -2.15. The lowest BCUT2D eigenvalue weighted by atomic mass is 10.1. The number of thioether (sulfide) groups is 1. The third kappa shape index (κ3) is 5.15. The second-order valence-electron chi connectivity index (χ2n) is 5.71. The molecule has 0 aliphatic carbocycles. The van der Waals surface area contributed by atoms with Crippen molar-refractivity contribution in [2.24, 2.45) is 5.10 Å². The zero-order valence-corrected chi connectivity index (χ0v) is 16.7. The SMILES string of the molecule is Cc1cc(C)nc(SCC(=O)NN=CC2=Cc3cc(Br)ccc3OC2)n1. The molecular formula is C18H17BrN4O2S. The highest BCUT2D eigenvalue weighted by molar-refractivity contribution is 9.10. The molecule has 6 nitrogen and oxygen atoms in total. The minimum absolute atomic E-state index is 0.200. The highest BCUT2D eigenvalue weighted by atomic mass is 79.9. The normalized spacial score (nSPS) is 13.1. The van der Waals surface area contributed by atoms with Crippen LogP contribution in [0.3, 0.4) is 0 Å². The number of benzene rings is 1. The van der Waals surface area contributed by atoms with Crippen LogP contribution in [0.2, 0.25) is 0 Å². The van der Waals surface area contributed by atoms with Crippen LogP contribution in [0.5, 0.6) is 5.75 Å². The summed E-state index contributed by atoms with van der Waals surface area (Å²) in [5.41, 5.74) is 6.13. The number of carbonyl (C=O) groups excluding carboxylic acids is 1. The van der Waals surface area contributed by atoms with Crippen LogP contribution in [0.1, 0.15) is 17.0 Å². The highest BCUT2D eigenvalue weighted by Crippen LogP contribution is 2.28. The van der Waals surface area contributed by atoms with Gasteiger partial charge in [-0.15, -0.1) is 0 Å². The van der Waals surface area contributed by atoms with Gasteiger partial charge in [-0.1, -0.05) is 27.7 Å². The number of carbonyl (C=O) groups is 1. The number of aromatic nitrogens is 2. The van der Waals surface area contributed by atoms with Gasteiger partial charge in [0.05, 0.1) is 12.0 Å². The smallest absolute Gasteiger partial charge is 0.250 e. The van der Waals surface area contributed by atoms with Gasteiger partial charge in [-0.05, 0) is 44.2 Å². The standard InChI is InChI=1S/C18H17BrN4O2S/c1-11-5-12(2)22-18(21-11)26-10-17(24)23-20-8-13-6-14-7-15(19)3-4-16(14)25-9-13/h3-8H,9-10H2,1-2H3,(H,23,24). The molecule has 1 aromatic heterocycles. The summed E-state index contributed by atoms with van der Waals surface area (Å²) in [6.45, 7) is 4.22. The molecule has 3 rings (SSSR count). The van der Waals surface area contributed by atoms with E-state index in [-0.39, 0.29) is 11.7 Å². The number of amides is 1. The summed E-state index contributed by atoms with van der Waals surface area (Å²) in [7, 11) is 0. The molecular weight excluding hydrogens is 416 g/mol. The first-order valence-corrected chi connectivity index (χ1v) is 9.67. The van der Waals surface area contributed by atoms with Crippen molar-refractivity contribution < 1.29 is 9.53 Å². The van der Waals surface area contributed by atoms with E-state index in [0.717, 1.165) is 32.7 Å². The molecule has 0 saturated heterocycles. The van der Waals surface area contributed by atoms with Gasteiger partial charge in [-0.25, -0.2) is 15.4 Å². The van der Waals surface area contributed by atoms with Crippen molar-refractivity contribution in [1.82, 2.24) is 15.4 Å². The van der Waals surface area contributed by atoms with Crippen LogP contribution in [0, 0.1) is 13.8 Å². The Morgan fingerprint density at radius 3 is 2.88 bits per heavy atom.